The highest BCUT2D eigenvalue weighted by atomic mass is 35.5. The molecule has 0 aliphatic heterocycles. The Morgan fingerprint density at radius 3 is 2.42 bits per heavy atom. The van der Waals surface area contributed by atoms with E-state index in [1.54, 1.807) is 0 Å². The van der Waals surface area contributed by atoms with Crippen molar-refractivity contribution in [3.05, 3.63) is 64.7 Å². The summed E-state index contributed by atoms with van der Waals surface area (Å²) in [5, 5.41) is 7.55. The zero-order chi connectivity index (χ0) is 22.4. The summed E-state index contributed by atoms with van der Waals surface area (Å²) < 4.78 is 0. The summed E-state index contributed by atoms with van der Waals surface area (Å²) >= 11 is 6.25. The van der Waals surface area contributed by atoms with E-state index in [1.807, 2.05) is 49.3 Å². The van der Waals surface area contributed by atoms with E-state index < -0.39 is 0 Å². The maximum Gasteiger partial charge on any atom is 0.229 e. The lowest BCUT2D eigenvalue weighted by Gasteiger charge is -2.24. The van der Waals surface area contributed by atoms with Gasteiger partial charge in [-0.05, 0) is 56.2 Å². The molecule has 6 nitrogen and oxygen atoms in total. The number of aryl methyl sites for hydroxylation is 2. The van der Waals surface area contributed by atoms with Crippen molar-refractivity contribution in [2.24, 2.45) is 0 Å². The van der Waals surface area contributed by atoms with Gasteiger partial charge in [0, 0.05) is 45.5 Å². The highest BCUT2D eigenvalue weighted by Gasteiger charge is 2.13. The van der Waals surface area contributed by atoms with Crippen LogP contribution in [-0.4, -0.2) is 43.7 Å². The number of para-hydroxylation sites is 1. The molecule has 0 bridgehead atoms. The molecule has 2 N–H and O–H groups in total. The van der Waals surface area contributed by atoms with Crippen molar-refractivity contribution in [3.63, 3.8) is 0 Å². The van der Waals surface area contributed by atoms with Crippen molar-refractivity contribution in [2.75, 3.05) is 54.2 Å². The Morgan fingerprint density at radius 2 is 1.74 bits per heavy atom. The van der Waals surface area contributed by atoms with Crippen LogP contribution < -0.4 is 20.4 Å². The lowest BCUT2D eigenvalue weighted by Crippen LogP contribution is -2.31. The van der Waals surface area contributed by atoms with Gasteiger partial charge in [-0.2, -0.15) is 9.97 Å². The van der Waals surface area contributed by atoms with Crippen LogP contribution in [0.15, 0.2) is 48.5 Å². The summed E-state index contributed by atoms with van der Waals surface area (Å²) in [6, 6.07) is 16.1. The molecule has 0 atom stereocenters. The first kappa shape index (κ1) is 22.7. The van der Waals surface area contributed by atoms with Crippen LogP contribution in [0.3, 0.4) is 0 Å². The second-order valence-corrected chi connectivity index (χ2v) is 8.12. The van der Waals surface area contributed by atoms with Crippen molar-refractivity contribution < 1.29 is 0 Å². The summed E-state index contributed by atoms with van der Waals surface area (Å²) in [6.45, 7) is 8.61. The van der Waals surface area contributed by atoms with E-state index in [-0.39, 0.29) is 0 Å². The predicted molar refractivity (Wildman–Crippen MR) is 133 cm³/mol. The molecule has 0 radical (unpaired) electrons. The summed E-state index contributed by atoms with van der Waals surface area (Å²) in [4.78, 5) is 13.7. The number of aromatic nitrogens is 2. The number of rotatable bonds is 9. The molecule has 0 amide bonds. The van der Waals surface area contributed by atoms with Gasteiger partial charge in [-0.1, -0.05) is 29.8 Å². The number of hydrogen-bond donors (Lipinski definition) is 2. The molecule has 0 aliphatic rings. The molecule has 31 heavy (non-hydrogen) atoms. The first-order chi connectivity index (χ1) is 14.9. The molecule has 7 heteroatoms. The Kier molecular flexibility index (Phi) is 7.58. The van der Waals surface area contributed by atoms with E-state index in [0.29, 0.717) is 5.95 Å². The fraction of sp³-hybridized carbons (Fsp3) is 0.333. The average molecular weight is 439 g/mol. The molecule has 3 aromatic rings. The van der Waals surface area contributed by atoms with Crippen molar-refractivity contribution in [1.29, 1.82) is 0 Å². The minimum Gasteiger partial charge on any atom is -0.382 e. The van der Waals surface area contributed by atoms with Crippen molar-refractivity contribution in [3.8, 4) is 0 Å². The van der Waals surface area contributed by atoms with Gasteiger partial charge < -0.3 is 20.4 Å². The van der Waals surface area contributed by atoms with Crippen LogP contribution >= 0.6 is 11.6 Å². The van der Waals surface area contributed by atoms with Gasteiger partial charge in [0.25, 0.3) is 0 Å². The molecule has 3 rings (SSSR count). The first-order valence-electron chi connectivity index (χ1n) is 10.5. The highest BCUT2D eigenvalue weighted by Crippen LogP contribution is 2.24. The molecule has 2 aromatic carbocycles. The maximum absolute atomic E-state index is 6.25. The van der Waals surface area contributed by atoms with E-state index in [2.05, 4.69) is 54.5 Å². The molecule has 0 spiro atoms. The number of nitrogens with zero attached hydrogens (tertiary/aromatic N) is 4. The van der Waals surface area contributed by atoms with Crippen LogP contribution in [0.25, 0.3) is 0 Å². The van der Waals surface area contributed by atoms with Crippen LogP contribution in [0.5, 0.6) is 0 Å². The standard InChI is InChI=1S/C24H31ClN6/c1-6-31(14-13-26-21-10-8-7-9-20(21)25)24-28-22(16-23(29-24)30(4)5)27-19-12-11-17(2)18(3)15-19/h7-12,15-16,26H,6,13-14H2,1-5H3,(H,27,28,29). The average Bonchev–Trinajstić information content (AvgIpc) is 2.75. The Hall–Kier alpha value is -2.99. The van der Waals surface area contributed by atoms with Crippen LogP contribution in [0.2, 0.25) is 5.02 Å². The second-order valence-electron chi connectivity index (χ2n) is 7.72. The quantitative estimate of drug-likeness (QED) is 0.460. The minimum atomic E-state index is 0.695. The number of anilines is 5. The maximum atomic E-state index is 6.25. The fourth-order valence-corrected chi connectivity index (χ4v) is 3.36. The lowest BCUT2D eigenvalue weighted by atomic mass is 10.1. The fourth-order valence-electron chi connectivity index (χ4n) is 3.15. The van der Waals surface area contributed by atoms with Crippen LogP contribution in [0, 0.1) is 13.8 Å². The van der Waals surface area contributed by atoms with Crippen molar-refractivity contribution in [1.82, 2.24) is 9.97 Å². The molecule has 164 valence electrons. The number of nitrogens with one attached hydrogen (secondary N) is 2. The highest BCUT2D eigenvalue weighted by molar-refractivity contribution is 6.33. The molecule has 0 saturated carbocycles. The number of hydrogen-bond acceptors (Lipinski definition) is 6. The Balaban J connectivity index is 1.78. The van der Waals surface area contributed by atoms with Crippen LogP contribution in [-0.2, 0) is 0 Å². The summed E-state index contributed by atoms with van der Waals surface area (Å²) in [5.74, 6) is 2.32. The molecule has 1 heterocycles. The monoisotopic (exact) mass is 438 g/mol. The third-order valence-corrected chi connectivity index (χ3v) is 5.50. The smallest absolute Gasteiger partial charge is 0.229 e. The van der Waals surface area contributed by atoms with E-state index in [4.69, 9.17) is 21.6 Å². The summed E-state index contributed by atoms with van der Waals surface area (Å²) in [6.07, 6.45) is 0. The molecule has 0 aliphatic carbocycles. The Labute approximate surface area is 190 Å². The van der Waals surface area contributed by atoms with Crippen LogP contribution in [0.4, 0.5) is 29.0 Å². The largest absolute Gasteiger partial charge is 0.382 e. The van der Waals surface area contributed by atoms with E-state index in [9.17, 15) is 0 Å². The Morgan fingerprint density at radius 1 is 0.968 bits per heavy atom. The van der Waals surface area contributed by atoms with E-state index in [0.717, 1.165) is 47.7 Å². The zero-order valence-electron chi connectivity index (χ0n) is 18.9. The van der Waals surface area contributed by atoms with Crippen molar-refractivity contribution in [2.45, 2.75) is 20.8 Å². The predicted octanol–water partition coefficient (Wildman–Crippen LogP) is 5.49. The van der Waals surface area contributed by atoms with Gasteiger partial charge in [-0.3, -0.25) is 0 Å². The normalized spacial score (nSPS) is 10.6. The zero-order valence-corrected chi connectivity index (χ0v) is 19.7. The lowest BCUT2D eigenvalue weighted by molar-refractivity contribution is 0.796. The van der Waals surface area contributed by atoms with Gasteiger partial charge in [0.15, 0.2) is 0 Å². The topological polar surface area (TPSA) is 56.3 Å². The third-order valence-electron chi connectivity index (χ3n) is 5.17. The van der Waals surface area contributed by atoms with Gasteiger partial charge in [-0.25, -0.2) is 0 Å². The number of likely N-dealkylation sites (N-methyl/N-ethyl adjacent to an activating group) is 1. The molecular formula is C24H31ClN6. The minimum absolute atomic E-state index is 0.695. The third kappa shape index (κ3) is 6.01. The van der Waals surface area contributed by atoms with Gasteiger partial charge in [0.2, 0.25) is 5.95 Å². The number of benzene rings is 2. The summed E-state index contributed by atoms with van der Waals surface area (Å²) in [7, 11) is 3.97. The second kappa shape index (κ2) is 10.4. The van der Waals surface area contributed by atoms with Crippen molar-refractivity contribution >= 4 is 40.6 Å². The van der Waals surface area contributed by atoms with Gasteiger partial charge in [0.05, 0.1) is 10.7 Å². The SMILES string of the molecule is CCN(CCNc1ccccc1Cl)c1nc(Nc2ccc(C)c(C)c2)cc(N(C)C)n1. The molecular weight excluding hydrogens is 408 g/mol. The van der Waals surface area contributed by atoms with Gasteiger partial charge >= 0.3 is 0 Å². The van der Waals surface area contributed by atoms with E-state index >= 15 is 0 Å². The van der Waals surface area contributed by atoms with Crippen LogP contribution in [0.1, 0.15) is 18.1 Å². The Bertz CT molecular complexity index is 1020. The first-order valence-corrected chi connectivity index (χ1v) is 10.9. The van der Waals surface area contributed by atoms with Gasteiger partial charge in [-0.15, -0.1) is 0 Å². The molecule has 0 fully saturated rings. The van der Waals surface area contributed by atoms with Gasteiger partial charge in [0.1, 0.15) is 11.6 Å². The summed E-state index contributed by atoms with van der Waals surface area (Å²) in [5.41, 5.74) is 4.46. The number of halogens is 1. The molecule has 0 unspecified atom stereocenters. The van der Waals surface area contributed by atoms with E-state index in [1.165, 1.54) is 11.1 Å². The molecule has 0 saturated heterocycles. The molecule has 1 aromatic heterocycles.